The van der Waals surface area contributed by atoms with Gasteiger partial charge in [0.25, 0.3) is 10.1 Å². The van der Waals surface area contributed by atoms with Crippen LogP contribution in [-0.2, 0) is 19.6 Å². The maximum atomic E-state index is 11.1. The lowest BCUT2D eigenvalue weighted by atomic mass is 9.96. The Bertz CT molecular complexity index is 383. The molecule has 0 aromatic carbocycles. The van der Waals surface area contributed by atoms with Gasteiger partial charge < -0.3 is 10.5 Å². The standard InChI is InChI=1S/C11H21NO5S/c1-4-10(13)17-9(8-11(2,3)12)6-5-7-18(14,15)16/h4,9H,1,5-8,12H2,2-3H3,(H,14,15,16). The Morgan fingerprint density at radius 1 is 1.56 bits per heavy atom. The number of esters is 1. The van der Waals surface area contributed by atoms with Crippen LogP contribution in [0, 0.1) is 0 Å². The zero-order valence-electron chi connectivity index (χ0n) is 10.8. The lowest BCUT2D eigenvalue weighted by molar-refractivity contribution is -0.144. The van der Waals surface area contributed by atoms with Gasteiger partial charge in [-0.15, -0.1) is 0 Å². The summed E-state index contributed by atoms with van der Waals surface area (Å²) < 4.78 is 34.9. The van der Waals surface area contributed by atoms with E-state index in [-0.39, 0.29) is 12.2 Å². The van der Waals surface area contributed by atoms with E-state index in [1.54, 1.807) is 13.8 Å². The summed E-state index contributed by atoms with van der Waals surface area (Å²) in [5.74, 6) is -0.934. The topological polar surface area (TPSA) is 107 Å². The van der Waals surface area contributed by atoms with Crippen LogP contribution < -0.4 is 5.73 Å². The summed E-state index contributed by atoms with van der Waals surface area (Å²) in [6, 6.07) is 0. The zero-order valence-corrected chi connectivity index (χ0v) is 11.6. The SMILES string of the molecule is C=CC(=O)OC(CCCS(=O)(=O)O)CC(C)(C)N. The normalized spacial score (nSPS) is 14.0. The third-order valence-corrected chi connectivity index (χ3v) is 2.94. The van der Waals surface area contributed by atoms with Crippen molar-refractivity contribution in [1.82, 2.24) is 0 Å². The van der Waals surface area contributed by atoms with Gasteiger partial charge in [-0.2, -0.15) is 8.42 Å². The Labute approximate surface area is 108 Å². The van der Waals surface area contributed by atoms with Gasteiger partial charge in [0.1, 0.15) is 6.10 Å². The van der Waals surface area contributed by atoms with Crippen LogP contribution in [-0.4, -0.2) is 36.3 Å². The monoisotopic (exact) mass is 279 g/mol. The van der Waals surface area contributed by atoms with Gasteiger partial charge in [-0.25, -0.2) is 4.79 Å². The Balaban J connectivity index is 4.38. The van der Waals surface area contributed by atoms with Crippen molar-refractivity contribution in [2.75, 3.05) is 5.75 Å². The lowest BCUT2D eigenvalue weighted by Crippen LogP contribution is -2.37. The Morgan fingerprint density at radius 3 is 2.50 bits per heavy atom. The van der Waals surface area contributed by atoms with Crippen LogP contribution in [0.25, 0.3) is 0 Å². The van der Waals surface area contributed by atoms with E-state index in [0.717, 1.165) is 6.08 Å². The Kier molecular flexibility index (Phi) is 6.51. The van der Waals surface area contributed by atoms with Crippen molar-refractivity contribution in [3.8, 4) is 0 Å². The maximum Gasteiger partial charge on any atom is 0.330 e. The van der Waals surface area contributed by atoms with Crippen LogP contribution in [0.4, 0.5) is 0 Å². The van der Waals surface area contributed by atoms with E-state index in [9.17, 15) is 13.2 Å². The molecule has 0 radical (unpaired) electrons. The number of carbonyl (C=O) groups excluding carboxylic acids is 1. The minimum Gasteiger partial charge on any atom is -0.459 e. The van der Waals surface area contributed by atoms with Crippen molar-refractivity contribution in [2.45, 2.75) is 44.8 Å². The summed E-state index contributed by atoms with van der Waals surface area (Å²) in [7, 11) is -3.99. The van der Waals surface area contributed by atoms with Crippen molar-refractivity contribution >= 4 is 16.1 Å². The van der Waals surface area contributed by atoms with Crippen LogP contribution in [0.3, 0.4) is 0 Å². The second-order valence-corrected chi connectivity index (χ2v) is 6.46. The quantitative estimate of drug-likeness (QED) is 0.388. The fourth-order valence-electron chi connectivity index (χ4n) is 1.50. The highest BCUT2D eigenvalue weighted by atomic mass is 32.2. The molecule has 1 atom stereocenters. The number of ether oxygens (including phenoxy) is 1. The molecule has 0 aliphatic rings. The van der Waals surface area contributed by atoms with Crippen LogP contribution in [0.15, 0.2) is 12.7 Å². The van der Waals surface area contributed by atoms with Crippen molar-refractivity contribution in [3.05, 3.63) is 12.7 Å². The van der Waals surface area contributed by atoms with Gasteiger partial charge in [-0.3, -0.25) is 4.55 Å². The molecule has 1 unspecified atom stereocenters. The molecule has 0 aliphatic heterocycles. The van der Waals surface area contributed by atoms with Gasteiger partial charge in [0.15, 0.2) is 0 Å². The average Bonchev–Trinajstić information content (AvgIpc) is 2.12. The second-order valence-electron chi connectivity index (χ2n) is 4.88. The largest absolute Gasteiger partial charge is 0.459 e. The molecule has 18 heavy (non-hydrogen) atoms. The summed E-state index contributed by atoms with van der Waals surface area (Å²) in [4.78, 5) is 11.1. The van der Waals surface area contributed by atoms with Gasteiger partial charge in [0.2, 0.25) is 0 Å². The number of carbonyl (C=O) groups is 1. The molecule has 7 heteroatoms. The molecule has 0 heterocycles. The molecule has 106 valence electrons. The predicted molar refractivity (Wildman–Crippen MR) is 68.6 cm³/mol. The molecular weight excluding hydrogens is 258 g/mol. The third kappa shape index (κ3) is 10.2. The van der Waals surface area contributed by atoms with Gasteiger partial charge in [0.05, 0.1) is 5.75 Å². The minimum atomic E-state index is -3.99. The van der Waals surface area contributed by atoms with Crippen molar-refractivity contribution in [2.24, 2.45) is 5.73 Å². The molecule has 0 fully saturated rings. The number of rotatable bonds is 8. The fourth-order valence-corrected chi connectivity index (χ4v) is 2.03. The highest BCUT2D eigenvalue weighted by molar-refractivity contribution is 7.85. The molecule has 0 spiro atoms. The van der Waals surface area contributed by atoms with E-state index in [1.165, 1.54) is 0 Å². The van der Waals surface area contributed by atoms with Gasteiger partial charge in [0, 0.05) is 18.0 Å². The van der Waals surface area contributed by atoms with E-state index < -0.39 is 27.7 Å². The summed E-state index contributed by atoms with van der Waals surface area (Å²) in [5, 5.41) is 0. The van der Waals surface area contributed by atoms with Gasteiger partial charge in [-0.05, 0) is 26.7 Å². The molecule has 6 nitrogen and oxygen atoms in total. The van der Waals surface area contributed by atoms with E-state index >= 15 is 0 Å². The molecule has 0 aromatic heterocycles. The zero-order chi connectivity index (χ0) is 14.4. The van der Waals surface area contributed by atoms with E-state index in [2.05, 4.69) is 6.58 Å². The van der Waals surface area contributed by atoms with Gasteiger partial charge in [-0.1, -0.05) is 6.58 Å². The van der Waals surface area contributed by atoms with Crippen LogP contribution >= 0.6 is 0 Å². The summed E-state index contributed by atoms with van der Waals surface area (Å²) in [6.07, 6.45) is 1.47. The first-order chi connectivity index (χ1) is 8.03. The molecule has 0 saturated carbocycles. The first kappa shape index (κ1) is 17.1. The number of hydrogen-bond acceptors (Lipinski definition) is 5. The third-order valence-electron chi connectivity index (χ3n) is 2.13. The Morgan fingerprint density at radius 2 is 2.11 bits per heavy atom. The predicted octanol–water partition coefficient (Wildman–Crippen LogP) is 0.880. The summed E-state index contributed by atoms with van der Waals surface area (Å²) >= 11 is 0. The Hall–Kier alpha value is -0.920. The molecule has 0 aromatic rings. The molecule has 0 rings (SSSR count). The van der Waals surface area contributed by atoms with Crippen LogP contribution in [0.5, 0.6) is 0 Å². The maximum absolute atomic E-state index is 11.1. The number of nitrogens with two attached hydrogens (primary N) is 1. The molecule has 3 N–H and O–H groups in total. The van der Waals surface area contributed by atoms with Crippen molar-refractivity contribution in [3.63, 3.8) is 0 Å². The summed E-state index contributed by atoms with van der Waals surface area (Å²) in [5.41, 5.74) is 5.29. The van der Waals surface area contributed by atoms with Crippen molar-refractivity contribution in [1.29, 1.82) is 0 Å². The van der Waals surface area contributed by atoms with E-state index in [1.807, 2.05) is 0 Å². The first-order valence-electron chi connectivity index (χ1n) is 5.60. The van der Waals surface area contributed by atoms with Crippen LogP contribution in [0.2, 0.25) is 0 Å². The molecule has 0 saturated heterocycles. The average molecular weight is 279 g/mol. The highest BCUT2D eigenvalue weighted by Gasteiger charge is 2.22. The smallest absolute Gasteiger partial charge is 0.330 e. The first-order valence-corrected chi connectivity index (χ1v) is 7.21. The molecule has 0 bridgehead atoms. The molecule has 0 aliphatic carbocycles. The van der Waals surface area contributed by atoms with E-state index in [4.69, 9.17) is 15.0 Å². The van der Waals surface area contributed by atoms with E-state index in [0.29, 0.717) is 12.8 Å². The molecule has 0 amide bonds. The highest BCUT2D eigenvalue weighted by Crippen LogP contribution is 2.16. The fraction of sp³-hybridized carbons (Fsp3) is 0.727. The lowest BCUT2D eigenvalue weighted by Gasteiger charge is -2.25. The van der Waals surface area contributed by atoms with Gasteiger partial charge >= 0.3 is 5.97 Å². The second kappa shape index (κ2) is 6.86. The summed E-state index contributed by atoms with van der Waals surface area (Å²) in [6.45, 7) is 6.85. The number of hydrogen-bond donors (Lipinski definition) is 2. The van der Waals surface area contributed by atoms with Crippen LogP contribution in [0.1, 0.15) is 33.1 Å². The van der Waals surface area contributed by atoms with Crippen molar-refractivity contribution < 1.29 is 22.5 Å². The molecular formula is C11H21NO5S. The minimum absolute atomic E-state index is 0.198.